The van der Waals surface area contributed by atoms with Crippen LogP contribution < -0.4 is 0 Å². The van der Waals surface area contributed by atoms with Gasteiger partial charge in [0.15, 0.2) is 0 Å². The summed E-state index contributed by atoms with van der Waals surface area (Å²) in [6.45, 7) is 7.66. The van der Waals surface area contributed by atoms with Gasteiger partial charge in [-0.15, -0.1) is 0 Å². The summed E-state index contributed by atoms with van der Waals surface area (Å²) >= 11 is 0. The average molecular weight is 312 g/mol. The highest BCUT2D eigenvalue weighted by molar-refractivity contribution is 5.92. The van der Waals surface area contributed by atoms with Crippen molar-refractivity contribution in [2.45, 2.75) is 50.6 Å². The minimum absolute atomic E-state index is 0.132. The van der Waals surface area contributed by atoms with Gasteiger partial charge >= 0.3 is 0 Å². The molecule has 0 radical (unpaired) electrons. The van der Waals surface area contributed by atoms with E-state index in [-0.39, 0.29) is 5.91 Å². The van der Waals surface area contributed by atoms with Gasteiger partial charge < -0.3 is 9.80 Å². The van der Waals surface area contributed by atoms with Crippen LogP contribution in [0.1, 0.15) is 44.1 Å². The molecule has 1 aromatic carbocycles. The summed E-state index contributed by atoms with van der Waals surface area (Å²) in [7, 11) is 2.23. The van der Waals surface area contributed by atoms with Crippen LogP contribution in [0, 0.1) is 0 Å². The molecule has 3 nitrogen and oxygen atoms in total. The highest BCUT2D eigenvalue weighted by atomic mass is 16.2. The Balaban J connectivity index is 1.96. The van der Waals surface area contributed by atoms with Gasteiger partial charge in [0.05, 0.1) is 0 Å². The monoisotopic (exact) mass is 312 g/mol. The summed E-state index contributed by atoms with van der Waals surface area (Å²) in [5, 5.41) is 0. The zero-order chi connectivity index (χ0) is 16.4. The molecule has 1 amide bonds. The molecule has 0 spiro atoms. The van der Waals surface area contributed by atoms with Gasteiger partial charge in [-0.3, -0.25) is 4.79 Å². The molecule has 2 aliphatic rings. The van der Waals surface area contributed by atoms with Crippen molar-refractivity contribution in [3.8, 4) is 0 Å². The van der Waals surface area contributed by atoms with Crippen molar-refractivity contribution < 1.29 is 4.79 Å². The van der Waals surface area contributed by atoms with E-state index in [1.807, 2.05) is 6.92 Å². The molecule has 23 heavy (non-hydrogen) atoms. The van der Waals surface area contributed by atoms with E-state index in [1.54, 1.807) is 0 Å². The lowest BCUT2D eigenvalue weighted by molar-refractivity contribution is -0.128. The van der Waals surface area contributed by atoms with Crippen molar-refractivity contribution in [3.05, 3.63) is 48.0 Å². The van der Waals surface area contributed by atoms with Crippen LogP contribution in [0.25, 0.3) is 0 Å². The number of amides is 1. The molecule has 1 aromatic rings. The van der Waals surface area contributed by atoms with Gasteiger partial charge in [0.25, 0.3) is 0 Å². The van der Waals surface area contributed by atoms with Crippen LogP contribution in [-0.4, -0.2) is 47.9 Å². The summed E-state index contributed by atoms with van der Waals surface area (Å²) in [6.07, 6.45) is 4.85. The van der Waals surface area contributed by atoms with Crippen LogP contribution in [0.2, 0.25) is 0 Å². The van der Waals surface area contributed by atoms with Crippen molar-refractivity contribution in [1.29, 1.82) is 0 Å². The van der Waals surface area contributed by atoms with Crippen LogP contribution in [0.5, 0.6) is 0 Å². The first-order valence-corrected chi connectivity index (χ1v) is 8.81. The standard InChI is InChI=1S/C20H28N2O/c1-15(2)20(23)22-14-17(16-10-6-4-7-11-16)19-18(22)12-8-5-9-13-21(19)3/h4,6-7,10-11,17-19H,1,5,8-9,12-14H2,2-3H3/t17-,18-,19-/m0/s1. The van der Waals surface area contributed by atoms with E-state index >= 15 is 0 Å². The predicted molar refractivity (Wildman–Crippen MR) is 94.4 cm³/mol. The van der Waals surface area contributed by atoms with Gasteiger partial charge in [-0.25, -0.2) is 0 Å². The summed E-state index contributed by atoms with van der Waals surface area (Å²) in [5.41, 5.74) is 2.01. The summed E-state index contributed by atoms with van der Waals surface area (Å²) in [5.74, 6) is 0.528. The lowest BCUT2D eigenvalue weighted by Gasteiger charge is -2.37. The smallest absolute Gasteiger partial charge is 0.249 e. The number of likely N-dealkylation sites (N-methyl/N-ethyl adjacent to an activating group) is 1. The fourth-order valence-electron chi connectivity index (χ4n) is 4.36. The highest BCUT2D eigenvalue weighted by Gasteiger charge is 2.46. The van der Waals surface area contributed by atoms with E-state index in [0.29, 0.717) is 23.6 Å². The Morgan fingerprint density at radius 2 is 1.91 bits per heavy atom. The van der Waals surface area contributed by atoms with E-state index in [4.69, 9.17) is 0 Å². The van der Waals surface area contributed by atoms with Crippen molar-refractivity contribution in [2.24, 2.45) is 0 Å². The number of nitrogens with zero attached hydrogens (tertiary/aromatic N) is 2. The van der Waals surface area contributed by atoms with Gasteiger partial charge in [0.2, 0.25) is 5.91 Å². The molecule has 0 N–H and O–H groups in total. The highest BCUT2D eigenvalue weighted by Crippen LogP contribution is 2.39. The first-order valence-electron chi connectivity index (χ1n) is 8.81. The van der Waals surface area contributed by atoms with Crippen LogP contribution >= 0.6 is 0 Å². The lowest BCUT2D eigenvalue weighted by atomic mass is 9.87. The van der Waals surface area contributed by atoms with Crippen molar-refractivity contribution in [1.82, 2.24) is 9.80 Å². The Hall–Kier alpha value is -1.61. The van der Waals surface area contributed by atoms with E-state index < -0.39 is 0 Å². The molecular formula is C20H28N2O. The maximum atomic E-state index is 12.7. The SMILES string of the molecule is C=C(C)C(=O)N1C[C@@H](c2ccccc2)[C@H]2[C@@H]1CCCCCN2C. The molecule has 0 aliphatic carbocycles. The molecule has 0 aromatic heterocycles. The van der Waals surface area contributed by atoms with Gasteiger partial charge in [0.1, 0.15) is 0 Å². The predicted octanol–water partition coefficient (Wildman–Crippen LogP) is 3.43. The maximum Gasteiger partial charge on any atom is 0.249 e. The molecule has 124 valence electrons. The largest absolute Gasteiger partial charge is 0.334 e. The molecule has 2 heterocycles. The molecule has 0 saturated carbocycles. The molecule has 2 fully saturated rings. The second kappa shape index (κ2) is 6.88. The first kappa shape index (κ1) is 16.3. The van der Waals surface area contributed by atoms with Crippen molar-refractivity contribution in [2.75, 3.05) is 20.1 Å². The third kappa shape index (κ3) is 3.20. The number of rotatable bonds is 2. The Kier molecular flexibility index (Phi) is 4.86. The average Bonchev–Trinajstić information content (AvgIpc) is 2.91. The Bertz CT molecular complexity index is 568. The minimum Gasteiger partial charge on any atom is -0.334 e. The van der Waals surface area contributed by atoms with Gasteiger partial charge in [-0.2, -0.15) is 0 Å². The Morgan fingerprint density at radius 3 is 2.61 bits per heavy atom. The first-order chi connectivity index (χ1) is 11.1. The summed E-state index contributed by atoms with van der Waals surface area (Å²) in [4.78, 5) is 17.3. The van der Waals surface area contributed by atoms with E-state index in [0.717, 1.165) is 19.5 Å². The van der Waals surface area contributed by atoms with Crippen LogP contribution in [-0.2, 0) is 4.79 Å². The topological polar surface area (TPSA) is 23.6 Å². The van der Waals surface area contributed by atoms with Crippen molar-refractivity contribution in [3.63, 3.8) is 0 Å². The second-order valence-corrected chi connectivity index (χ2v) is 7.14. The number of fused-ring (bicyclic) bond motifs is 1. The third-order valence-corrected chi connectivity index (χ3v) is 5.47. The number of benzene rings is 1. The number of carbonyl (C=O) groups is 1. The molecule has 0 unspecified atom stereocenters. The van der Waals surface area contributed by atoms with Crippen LogP contribution in [0.15, 0.2) is 42.5 Å². The van der Waals surface area contributed by atoms with Crippen LogP contribution in [0.3, 0.4) is 0 Å². The lowest BCUT2D eigenvalue weighted by Crippen LogP contribution is -2.47. The quantitative estimate of drug-likeness (QED) is 0.781. The van der Waals surface area contributed by atoms with E-state index in [1.165, 1.54) is 24.8 Å². The minimum atomic E-state index is 0.132. The molecule has 2 aliphatic heterocycles. The van der Waals surface area contributed by atoms with Gasteiger partial charge in [-0.1, -0.05) is 49.8 Å². The zero-order valence-corrected chi connectivity index (χ0v) is 14.4. The van der Waals surface area contributed by atoms with Gasteiger partial charge in [0, 0.05) is 30.1 Å². The van der Waals surface area contributed by atoms with Gasteiger partial charge in [-0.05, 0) is 38.9 Å². The molecular weight excluding hydrogens is 284 g/mol. The molecule has 3 heteroatoms. The molecule has 3 atom stereocenters. The maximum absolute atomic E-state index is 12.7. The van der Waals surface area contributed by atoms with E-state index in [9.17, 15) is 4.79 Å². The number of likely N-dealkylation sites (tertiary alicyclic amines) is 2. The summed E-state index contributed by atoms with van der Waals surface area (Å²) < 4.78 is 0. The molecule has 2 saturated heterocycles. The molecule has 3 rings (SSSR count). The number of hydrogen-bond donors (Lipinski definition) is 0. The Morgan fingerprint density at radius 1 is 1.17 bits per heavy atom. The third-order valence-electron chi connectivity index (χ3n) is 5.47. The zero-order valence-electron chi connectivity index (χ0n) is 14.4. The van der Waals surface area contributed by atoms with Crippen LogP contribution in [0.4, 0.5) is 0 Å². The second-order valence-electron chi connectivity index (χ2n) is 7.14. The molecule has 0 bridgehead atoms. The summed E-state index contributed by atoms with van der Waals surface area (Å²) in [6, 6.07) is 11.4. The number of hydrogen-bond acceptors (Lipinski definition) is 2. The Labute approximate surface area is 140 Å². The number of carbonyl (C=O) groups excluding carboxylic acids is 1. The normalized spacial score (nSPS) is 28.8. The fourth-order valence-corrected chi connectivity index (χ4v) is 4.36. The fraction of sp³-hybridized carbons (Fsp3) is 0.550. The van der Waals surface area contributed by atoms with E-state index in [2.05, 4.69) is 53.8 Å². The van der Waals surface area contributed by atoms with Crippen molar-refractivity contribution >= 4 is 5.91 Å².